The molecule has 144 valence electrons. The zero-order valence-electron chi connectivity index (χ0n) is 15.5. The highest BCUT2D eigenvalue weighted by Crippen LogP contribution is 2.25. The Balaban J connectivity index is 1.61. The van der Waals surface area contributed by atoms with Crippen molar-refractivity contribution in [2.45, 2.75) is 51.6 Å². The Morgan fingerprint density at radius 3 is 2.37 bits per heavy atom. The molecule has 3 rings (SSSR count). The Morgan fingerprint density at radius 1 is 1.11 bits per heavy atom. The van der Waals surface area contributed by atoms with E-state index in [4.69, 9.17) is 0 Å². The minimum absolute atomic E-state index is 0.0740. The molecule has 8 heteroatoms. The summed E-state index contributed by atoms with van der Waals surface area (Å²) in [6, 6.07) is 5.43. The first-order valence-electron chi connectivity index (χ1n) is 9.18. The van der Waals surface area contributed by atoms with Gasteiger partial charge >= 0.3 is 12.1 Å². The maximum absolute atomic E-state index is 12.7. The second-order valence-corrected chi connectivity index (χ2v) is 7.09. The van der Waals surface area contributed by atoms with Gasteiger partial charge in [-0.15, -0.1) is 0 Å². The van der Waals surface area contributed by atoms with Crippen LogP contribution in [0.2, 0.25) is 0 Å². The Bertz CT molecular complexity index is 755. The van der Waals surface area contributed by atoms with E-state index >= 15 is 0 Å². The maximum atomic E-state index is 12.7. The number of imide groups is 2. The number of hydrogen-bond acceptors (Lipinski definition) is 4. The highest BCUT2D eigenvalue weighted by Gasteiger charge is 2.44. The second-order valence-electron chi connectivity index (χ2n) is 7.09. The average Bonchev–Trinajstić information content (AvgIpc) is 3.19. The van der Waals surface area contributed by atoms with Crippen molar-refractivity contribution >= 4 is 29.6 Å². The number of hydrogen-bond donors (Lipinski definition) is 2. The van der Waals surface area contributed by atoms with Crippen LogP contribution in [0.3, 0.4) is 0 Å². The first-order valence-corrected chi connectivity index (χ1v) is 9.18. The Hall–Kier alpha value is -2.90. The minimum Gasteiger partial charge on any atom is -0.335 e. The number of rotatable bonds is 4. The molecule has 2 aliphatic rings. The molecule has 1 unspecified atom stereocenters. The van der Waals surface area contributed by atoms with E-state index < -0.39 is 36.5 Å². The predicted molar refractivity (Wildman–Crippen MR) is 99.2 cm³/mol. The fourth-order valence-electron chi connectivity index (χ4n) is 3.51. The molecule has 6 amide bonds. The van der Waals surface area contributed by atoms with Crippen LogP contribution in [-0.2, 0) is 9.59 Å². The molecule has 8 nitrogen and oxygen atoms in total. The zero-order valence-corrected chi connectivity index (χ0v) is 15.5. The molecule has 1 heterocycles. The molecule has 0 aromatic heterocycles. The fraction of sp³-hybridized carbons (Fsp3) is 0.474. The molecule has 1 aliphatic carbocycles. The van der Waals surface area contributed by atoms with Gasteiger partial charge in [0, 0.05) is 11.7 Å². The van der Waals surface area contributed by atoms with E-state index in [2.05, 4.69) is 10.6 Å². The predicted octanol–water partition coefficient (Wildman–Crippen LogP) is 1.92. The van der Waals surface area contributed by atoms with E-state index in [1.54, 1.807) is 19.1 Å². The van der Waals surface area contributed by atoms with E-state index in [0.717, 1.165) is 36.1 Å². The van der Waals surface area contributed by atoms with Gasteiger partial charge in [-0.1, -0.05) is 30.5 Å². The van der Waals surface area contributed by atoms with Crippen LogP contribution in [0.5, 0.6) is 0 Å². The molecule has 0 spiro atoms. The number of nitrogens with zero attached hydrogens (tertiary/aromatic N) is 2. The van der Waals surface area contributed by atoms with E-state index in [-0.39, 0.29) is 6.04 Å². The lowest BCUT2D eigenvalue weighted by molar-refractivity contribution is -0.131. The number of urea groups is 2. The SMILES string of the molecule is Cc1ccc(N2C(=O)N(CC(=O)NC(=O)NC3CCCC3)C(=O)C2C)cc1. The number of nitrogens with one attached hydrogen (secondary N) is 2. The molecule has 0 bridgehead atoms. The molecule has 1 saturated carbocycles. The van der Waals surface area contributed by atoms with Gasteiger partial charge in [-0.2, -0.15) is 0 Å². The van der Waals surface area contributed by atoms with Crippen molar-refractivity contribution < 1.29 is 19.2 Å². The number of aryl methyl sites for hydroxylation is 1. The van der Waals surface area contributed by atoms with Gasteiger partial charge in [0.2, 0.25) is 5.91 Å². The molecule has 0 radical (unpaired) electrons. The van der Waals surface area contributed by atoms with Gasteiger partial charge in [0.15, 0.2) is 0 Å². The van der Waals surface area contributed by atoms with Gasteiger partial charge in [-0.25, -0.2) is 9.59 Å². The second kappa shape index (κ2) is 7.77. The van der Waals surface area contributed by atoms with Gasteiger partial charge in [0.1, 0.15) is 12.6 Å². The van der Waals surface area contributed by atoms with Gasteiger partial charge in [-0.05, 0) is 38.8 Å². The van der Waals surface area contributed by atoms with Gasteiger partial charge < -0.3 is 5.32 Å². The number of carbonyl (C=O) groups is 4. The summed E-state index contributed by atoms with van der Waals surface area (Å²) >= 11 is 0. The largest absolute Gasteiger partial charge is 0.335 e. The van der Waals surface area contributed by atoms with E-state index in [0.29, 0.717) is 5.69 Å². The summed E-state index contributed by atoms with van der Waals surface area (Å²) in [5, 5.41) is 4.93. The Morgan fingerprint density at radius 2 is 1.74 bits per heavy atom. The Kier molecular flexibility index (Phi) is 5.43. The molecule has 2 N–H and O–H groups in total. The van der Waals surface area contributed by atoms with Crippen LogP contribution in [0, 0.1) is 6.92 Å². The van der Waals surface area contributed by atoms with Gasteiger partial charge in [-0.3, -0.25) is 24.7 Å². The summed E-state index contributed by atoms with van der Waals surface area (Å²) in [6.07, 6.45) is 3.91. The van der Waals surface area contributed by atoms with Crippen molar-refractivity contribution in [2.24, 2.45) is 0 Å². The van der Waals surface area contributed by atoms with Crippen LogP contribution in [0.1, 0.15) is 38.2 Å². The summed E-state index contributed by atoms with van der Waals surface area (Å²) in [5.74, 6) is -1.16. The van der Waals surface area contributed by atoms with Crippen molar-refractivity contribution in [1.29, 1.82) is 0 Å². The summed E-state index contributed by atoms with van der Waals surface area (Å²) in [6.45, 7) is 3.06. The third kappa shape index (κ3) is 4.10. The van der Waals surface area contributed by atoms with Crippen molar-refractivity contribution in [2.75, 3.05) is 11.4 Å². The lowest BCUT2D eigenvalue weighted by Crippen LogP contribution is -2.48. The normalized spacial score (nSPS) is 20.3. The van der Waals surface area contributed by atoms with Crippen LogP contribution in [-0.4, -0.2) is 47.4 Å². The number of carbonyl (C=O) groups excluding carboxylic acids is 4. The smallest absolute Gasteiger partial charge is 0.332 e. The van der Waals surface area contributed by atoms with E-state index in [1.165, 1.54) is 4.90 Å². The molecule has 1 saturated heterocycles. The van der Waals surface area contributed by atoms with Crippen molar-refractivity contribution in [3.8, 4) is 0 Å². The summed E-state index contributed by atoms with van der Waals surface area (Å²) < 4.78 is 0. The van der Waals surface area contributed by atoms with Crippen LogP contribution < -0.4 is 15.5 Å². The zero-order chi connectivity index (χ0) is 19.6. The van der Waals surface area contributed by atoms with Gasteiger partial charge in [0.05, 0.1) is 0 Å². The number of anilines is 1. The molecule has 1 aromatic carbocycles. The number of amides is 6. The topological polar surface area (TPSA) is 98.8 Å². The van der Waals surface area contributed by atoms with Crippen molar-refractivity contribution in [3.05, 3.63) is 29.8 Å². The fourth-order valence-corrected chi connectivity index (χ4v) is 3.51. The third-order valence-corrected chi connectivity index (χ3v) is 5.00. The summed E-state index contributed by atoms with van der Waals surface area (Å²) in [7, 11) is 0. The first kappa shape index (κ1) is 18.9. The summed E-state index contributed by atoms with van der Waals surface area (Å²) in [4.78, 5) is 51.4. The van der Waals surface area contributed by atoms with Crippen molar-refractivity contribution in [3.63, 3.8) is 0 Å². The maximum Gasteiger partial charge on any atom is 0.332 e. The highest BCUT2D eigenvalue weighted by atomic mass is 16.2. The Labute approximate surface area is 157 Å². The molecule has 1 atom stereocenters. The lowest BCUT2D eigenvalue weighted by Gasteiger charge is -2.19. The monoisotopic (exact) mass is 372 g/mol. The van der Waals surface area contributed by atoms with E-state index in [9.17, 15) is 19.2 Å². The lowest BCUT2D eigenvalue weighted by atomic mass is 10.2. The minimum atomic E-state index is -0.708. The quantitative estimate of drug-likeness (QED) is 0.789. The van der Waals surface area contributed by atoms with Gasteiger partial charge in [0.25, 0.3) is 5.91 Å². The highest BCUT2D eigenvalue weighted by molar-refractivity contribution is 6.15. The average molecular weight is 372 g/mol. The molecular formula is C19H24N4O4. The molecular weight excluding hydrogens is 348 g/mol. The van der Waals surface area contributed by atoms with E-state index in [1.807, 2.05) is 19.1 Å². The van der Waals surface area contributed by atoms with Crippen LogP contribution in [0.4, 0.5) is 15.3 Å². The molecule has 27 heavy (non-hydrogen) atoms. The molecule has 2 fully saturated rings. The standard InChI is InChI=1S/C19H24N4O4/c1-12-7-9-15(10-8-12)23-13(2)17(25)22(19(23)27)11-16(24)21-18(26)20-14-5-3-4-6-14/h7-10,13-14H,3-6,11H2,1-2H3,(H2,20,21,24,26). The van der Waals surface area contributed by atoms with Crippen LogP contribution in [0.25, 0.3) is 0 Å². The first-order chi connectivity index (χ1) is 12.9. The van der Waals surface area contributed by atoms with Crippen LogP contribution in [0.15, 0.2) is 24.3 Å². The number of benzene rings is 1. The molecule has 1 aromatic rings. The van der Waals surface area contributed by atoms with Crippen LogP contribution >= 0.6 is 0 Å². The third-order valence-electron chi connectivity index (χ3n) is 5.00. The van der Waals surface area contributed by atoms with Crippen molar-refractivity contribution in [1.82, 2.24) is 15.5 Å². The molecule has 1 aliphatic heterocycles. The summed E-state index contributed by atoms with van der Waals surface area (Å²) in [5.41, 5.74) is 1.63.